The Kier molecular flexibility index (Phi) is 5.72. The maximum absolute atomic E-state index is 12.5. The second kappa shape index (κ2) is 8.60. The van der Waals surface area contributed by atoms with Gasteiger partial charge in [-0.1, -0.05) is 12.1 Å². The van der Waals surface area contributed by atoms with Gasteiger partial charge in [0.2, 0.25) is 5.76 Å². The number of hydrogen-bond acceptors (Lipinski definition) is 8. The Hall–Kier alpha value is -3.66. The molecule has 2 amide bonds. The first-order valence-corrected chi connectivity index (χ1v) is 10.4. The molecule has 2 aromatic heterocycles. The maximum Gasteiger partial charge on any atom is 0.374 e. The van der Waals surface area contributed by atoms with Gasteiger partial charge in [-0.05, 0) is 38.1 Å². The predicted molar refractivity (Wildman–Crippen MR) is 112 cm³/mol. The first kappa shape index (κ1) is 20.6. The van der Waals surface area contributed by atoms with Gasteiger partial charge in [0.05, 0.1) is 34.1 Å². The van der Waals surface area contributed by atoms with Crippen LogP contribution in [0.15, 0.2) is 52.1 Å². The summed E-state index contributed by atoms with van der Waals surface area (Å²) in [6, 6.07) is 9.73. The third kappa shape index (κ3) is 4.29. The fourth-order valence-corrected chi connectivity index (χ4v) is 4.07. The molecule has 2 N–H and O–H groups in total. The molecule has 0 spiro atoms. The van der Waals surface area contributed by atoms with Gasteiger partial charge in [0.1, 0.15) is 6.61 Å². The van der Waals surface area contributed by atoms with Crippen molar-refractivity contribution in [2.24, 2.45) is 0 Å². The molecule has 1 aliphatic rings. The Labute approximate surface area is 181 Å². The third-order valence-electron chi connectivity index (χ3n) is 4.52. The van der Waals surface area contributed by atoms with Crippen molar-refractivity contribution < 1.29 is 28.3 Å². The smallest absolute Gasteiger partial charge is 0.374 e. The van der Waals surface area contributed by atoms with Gasteiger partial charge in [-0.2, -0.15) is 0 Å². The van der Waals surface area contributed by atoms with E-state index >= 15 is 0 Å². The van der Waals surface area contributed by atoms with Gasteiger partial charge >= 0.3 is 18.0 Å². The molecule has 0 aliphatic carbocycles. The van der Waals surface area contributed by atoms with Crippen molar-refractivity contribution >= 4 is 39.5 Å². The number of esters is 2. The number of fused-ring (bicyclic) bond motifs is 1. The number of hydrogen-bond donors (Lipinski definition) is 2. The number of nitrogens with one attached hydrogen (secondary N) is 2. The van der Waals surface area contributed by atoms with Crippen LogP contribution in [0.5, 0.6) is 0 Å². The number of rotatable bonds is 6. The number of thiazole rings is 1. The molecule has 0 saturated heterocycles. The highest BCUT2D eigenvalue weighted by molar-refractivity contribution is 7.21. The Balaban J connectivity index is 1.49. The predicted octanol–water partition coefficient (Wildman–Crippen LogP) is 3.23. The summed E-state index contributed by atoms with van der Waals surface area (Å²) in [7, 11) is 0. The zero-order chi connectivity index (χ0) is 22.0. The summed E-state index contributed by atoms with van der Waals surface area (Å²) in [4.78, 5) is 41.0. The molecule has 1 atom stereocenters. The summed E-state index contributed by atoms with van der Waals surface area (Å²) in [5, 5.41) is 5.72. The van der Waals surface area contributed by atoms with Crippen molar-refractivity contribution in [1.82, 2.24) is 15.6 Å². The number of carbonyl (C=O) groups is 3. The van der Waals surface area contributed by atoms with Gasteiger partial charge in [0.25, 0.3) is 0 Å². The van der Waals surface area contributed by atoms with Gasteiger partial charge in [-0.3, -0.25) is 0 Å². The average molecular weight is 441 g/mol. The second-order valence-corrected chi connectivity index (χ2v) is 7.69. The molecule has 4 rings (SSSR count). The van der Waals surface area contributed by atoms with Crippen molar-refractivity contribution in [3.8, 4) is 10.8 Å². The second-order valence-electron chi connectivity index (χ2n) is 6.66. The van der Waals surface area contributed by atoms with Gasteiger partial charge in [-0.25, -0.2) is 19.4 Å². The van der Waals surface area contributed by atoms with Crippen LogP contribution in [0.4, 0.5) is 4.79 Å². The molecule has 0 bridgehead atoms. The fraction of sp³-hybridized carbons (Fsp3) is 0.238. The summed E-state index contributed by atoms with van der Waals surface area (Å²) in [5.41, 5.74) is 1.21. The number of benzene rings is 1. The van der Waals surface area contributed by atoms with Crippen LogP contribution in [0.25, 0.3) is 21.0 Å². The number of para-hydroxylation sites is 1. The highest BCUT2D eigenvalue weighted by Gasteiger charge is 2.30. The molecule has 10 heteroatoms. The first-order chi connectivity index (χ1) is 15.0. The van der Waals surface area contributed by atoms with Crippen LogP contribution >= 0.6 is 11.3 Å². The first-order valence-electron chi connectivity index (χ1n) is 9.57. The quantitative estimate of drug-likeness (QED) is 0.564. The molecular weight excluding hydrogens is 422 g/mol. The van der Waals surface area contributed by atoms with E-state index in [0.717, 1.165) is 10.2 Å². The summed E-state index contributed by atoms with van der Waals surface area (Å²) in [6.07, 6.45) is 0. The number of furan rings is 1. The lowest BCUT2D eigenvalue weighted by molar-refractivity contribution is -0.139. The molecule has 0 fully saturated rings. The minimum Gasteiger partial charge on any atom is -0.463 e. The molecule has 160 valence electrons. The van der Waals surface area contributed by atoms with Crippen molar-refractivity contribution in [3.63, 3.8) is 0 Å². The summed E-state index contributed by atoms with van der Waals surface area (Å²) < 4.78 is 16.9. The summed E-state index contributed by atoms with van der Waals surface area (Å²) in [5.74, 6) is -0.891. The SMILES string of the molecule is CCOC(=O)C1=C(COC(=O)c2ccc(-c3nc4ccccc4s3)o2)NC(=O)N[C@@H]1C. The van der Waals surface area contributed by atoms with Crippen LogP contribution in [0.1, 0.15) is 24.4 Å². The minimum absolute atomic E-state index is 0.0131. The van der Waals surface area contributed by atoms with E-state index in [9.17, 15) is 14.4 Å². The molecule has 3 heterocycles. The minimum atomic E-state index is -0.733. The molecule has 3 aromatic rings. The largest absolute Gasteiger partial charge is 0.463 e. The lowest BCUT2D eigenvalue weighted by atomic mass is 10.0. The number of nitrogens with zero attached hydrogens (tertiary/aromatic N) is 1. The van der Waals surface area contributed by atoms with Gasteiger partial charge < -0.3 is 24.5 Å². The van der Waals surface area contributed by atoms with E-state index in [-0.39, 0.29) is 30.2 Å². The topological polar surface area (TPSA) is 120 Å². The average Bonchev–Trinajstić information content (AvgIpc) is 3.38. The van der Waals surface area contributed by atoms with Gasteiger partial charge in [0, 0.05) is 0 Å². The van der Waals surface area contributed by atoms with E-state index in [1.165, 1.54) is 17.4 Å². The Bertz CT molecular complexity index is 1160. The van der Waals surface area contributed by atoms with E-state index in [4.69, 9.17) is 13.9 Å². The van der Waals surface area contributed by atoms with Crippen molar-refractivity contribution in [3.05, 3.63) is 53.4 Å². The molecule has 0 saturated carbocycles. The molecule has 9 nitrogen and oxygen atoms in total. The Morgan fingerprint density at radius 3 is 2.74 bits per heavy atom. The van der Waals surface area contributed by atoms with E-state index in [2.05, 4.69) is 15.6 Å². The number of urea groups is 1. The third-order valence-corrected chi connectivity index (χ3v) is 5.58. The highest BCUT2D eigenvalue weighted by Crippen LogP contribution is 2.31. The fourth-order valence-electron chi connectivity index (χ4n) is 3.14. The molecule has 1 aliphatic heterocycles. The summed E-state index contributed by atoms with van der Waals surface area (Å²) >= 11 is 1.45. The van der Waals surface area contributed by atoms with Crippen LogP contribution in [-0.2, 0) is 14.3 Å². The van der Waals surface area contributed by atoms with E-state index in [1.54, 1.807) is 19.9 Å². The van der Waals surface area contributed by atoms with Crippen LogP contribution in [-0.4, -0.2) is 42.2 Å². The van der Waals surface area contributed by atoms with Crippen molar-refractivity contribution in [2.45, 2.75) is 19.9 Å². The lowest BCUT2D eigenvalue weighted by Crippen LogP contribution is -2.50. The number of aromatic nitrogens is 1. The van der Waals surface area contributed by atoms with Crippen molar-refractivity contribution in [1.29, 1.82) is 0 Å². The van der Waals surface area contributed by atoms with Gasteiger partial charge in [-0.15, -0.1) is 11.3 Å². The lowest BCUT2D eigenvalue weighted by Gasteiger charge is -2.26. The van der Waals surface area contributed by atoms with Crippen molar-refractivity contribution in [2.75, 3.05) is 13.2 Å². The molecular formula is C21H19N3O6S. The zero-order valence-corrected chi connectivity index (χ0v) is 17.6. The Morgan fingerprint density at radius 1 is 1.16 bits per heavy atom. The zero-order valence-electron chi connectivity index (χ0n) is 16.8. The number of amides is 2. The maximum atomic E-state index is 12.5. The van der Waals surface area contributed by atoms with Crippen LogP contribution < -0.4 is 10.6 Å². The molecule has 0 radical (unpaired) electrons. The Morgan fingerprint density at radius 2 is 1.97 bits per heavy atom. The summed E-state index contributed by atoms with van der Waals surface area (Å²) in [6.45, 7) is 3.18. The van der Waals surface area contributed by atoms with Gasteiger partial charge in [0.15, 0.2) is 10.8 Å². The molecule has 31 heavy (non-hydrogen) atoms. The van der Waals surface area contributed by atoms with Crippen LogP contribution in [0.2, 0.25) is 0 Å². The molecule has 0 unspecified atom stereocenters. The van der Waals surface area contributed by atoms with E-state index < -0.39 is 24.0 Å². The number of carbonyl (C=O) groups excluding carboxylic acids is 3. The van der Waals surface area contributed by atoms with Crippen LogP contribution in [0, 0.1) is 0 Å². The number of ether oxygens (including phenoxy) is 2. The van der Waals surface area contributed by atoms with E-state index in [1.807, 2.05) is 24.3 Å². The van der Waals surface area contributed by atoms with E-state index in [0.29, 0.717) is 10.8 Å². The standard InChI is InChI=1S/C21H19N3O6S/c1-3-28-20(26)17-11(2)22-21(27)24-13(17)10-29-19(25)15-9-8-14(30-15)18-23-12-6-4-5-7-16(12)31-18/h4-9,11H,3,10H2,1-2H3,(H2,22,24,27)/t11-/m1/s1. The highest BCUT2D eigenvalue weighted by atomic mass is 32.1. The normalized spacial score (nSPS) is 16.1. The molecule has 1 aromatic carbocycles. The van der Waals surface area contributed by atoms with Crippen LogP contribution in [0.3, 0.4) is 0 Å². The monoisotopic (exact) mass is 441 g/mol.